The van der Waals surface area contributed by atoms with E-state index >= 15 is 0 Å². The Morgan fingerprint density at radius 1 is 1.44 bits per heavy atom. The maximum atomic E-state index is 4.27. The van der Waals surface area contributed by atoms with E-state index in [0.29, 0.717) is 5.92 Å². The molecule has 1 heterocycles. The topological polar surface area (TPSA) is 53.6 Å². The van der Waals surface area contributed by atoms with E-state index in [-0.39, 0.29) is 6.04 Å². The lowest BCUT2D eigenvalue weighted by molar-refractivity contribution is 0.421. The second kappa shape index (κ2) is 4.90. The zero-order chi connectivity index (χ0) is 12.4. The van der Waals surface area contributed by atoms with Gasteiger partial charge in [-0.3, -0.25) is 5.10 Å². The van der Waals surface area contributed by atoms with E-state index in [0.717, 1.165) is 18.8 Å². The molecule has 0 fully saturated rings. The van der Waals surface area contributed by atoms with E-state index < -0.39 is 0 Å². The van der Waals surface area contributed by atoms with E-state index in [1.54, 1.807) is 6.33 Å². The molecular formula is C14H18N4. The molecule has 0 bridgehead atoms. The molecule has 3 rings (SSSR count). The Bertz CT molecular complexity index is 506. The predicted octanol–water partition coefficient (Wildman–Crippen LogP) is 2.19. The van der Waals surface area contributed by atoms with Crippen LogP contribution in [-0.2, 0) is 6.42 Å². The summed E-state index contributed by atoms with van der Waals surface area (Å²) in [4.78, 5) is 4.27. The van der Waals surface area contributed by atoms with Crippen molar-refractivity contribution in [2.45, 2.75) is 31.7 Å². The van der Waals surface area contributed by atoms with Crippen molar-refractivity contribution in [3.05, 3.63) is 47.5 Å². The maximum absolute atomic E-state index is 4.27. The van der Waals surface area contributed by atoms with Crippen molar-refractivity contribution in [1.29, 1.82) is 0 Å². The highest BCUT2D eigenvalue weighted by Gasteiger charge is 2.29. The third-order valence-electron chi connectivity index (χ3n) is 3.70. The minimum Gasteiger partial charge on any atom is -0.308 e. The van der Waals surface area contributed by atoms with Gasteiger partial charge in [-0.15, -0.1) is 0 Å². The monoisotopic (exact) mass is 242 g/mol. The van der Waals surface area contributed by atoms with Crippen LogP contribution < -0.4 is 5.32 Å². The Balaban J connectivity index is 1.72. The fourth-order valence-electron chi connectivity index (χ4n) is 2.78. The quantitative estimate of drug-likeness (QED) is 0.845. The molecule has 0 amide bonds. The lowest BCUT2D eigenvalue weighted by Crippen LogP contribution is -2.27. The minimum atomic E-state index is 0.274. The Morgan fingerprint density at radius 3 is 3.06 bits per heavy atom. The molecule has 1 aromatic heterocycles. The summed E-state index contributed by atoms with van der Waals surface area (Å²) in [5.41, 5.74) is 3.00. The van der Waals surface area contributed by atoms with Crippen molar-refractivity contribution in [3.63, 3.8) is 0 Å². The third kappa shape index (κ3) is 2.04. The first kappa shape index (κ1) is 11.4. The number of aromatic nitrogens is 3. The lowest BCUT2D eigenvalue weighted by Gasteiger charge is -2.32. The summed E-state index contributed by atoms with van der Waals surface area (Å²) in [6, 6.07) is 8.99. The van der Waals surface area contributed by atoms with E-state index in [9.17, 15) is 0 Å². The Morgan fingerprint density at radius 2 is 2.33 bits per heavy atom. The number of hydrogen-bond donors (Lipinski definition) is 2. The highest BCUT2D eigenvalue weighted by atomic mass is 15.2. The number of rotatable bonds is 5. The van der Waals surface area contributed by atoms with Gasteiger partial charge >= 0.3 is 0 Å². The zero-order valence-electron chi connectivity index (χ0n) is 10.6. The van der Waals surface area contributed by atoms with E-state index in [1.807, 2.05) is 0 Å². The molecule has 4 heteroatoms. The Labute approximate surface area is 107 Å². The number of hydrogen-bond acceptors (Lipinski definition) is 3. The molecule has 0 saturated heterocycles. The van der Waals surface area contributed by atoms with Gasteiger partial charge in [-0.05, 0) is 36.4 Å². The van der Waals surface area contributed by atoms with Crippen molar-refractivity contribution in [2.24, 2.45) is 0 Å². The predicted molar refractivity (Wildman–Crippen MR) is 70.3 cm³/mol. The molecule has 1 aliphatic rings. The molecule has 1 aromatic carbocycles. The summed E-state index contributed by atoms with van der Waals surface area (Å²) in [6.07, 6.45) is 3.85. The summed E-state index contributed by atoms with van der Waals surface area (Å²) in [7, 11) is 0. The van der Waals surface area contributed by atoms with Crippen LogP contribution in [0.25, 0.3) is 0 Å². The van der Waals surface area contributed by atoms with Crippen LogP contribution in [0.4, 0.5) is 0 Å². The first-order valence-corrected chi connectivity index (χ1v) is 6.55. The van der Waals surface area contributed by atoms with Gasteiger partial charge in [-0.1, -0.05) is 31.2 Å². The van der Waals surface area contributed by atoms with Crippen molar-refractivity contribution >= 4 is 0 Å². The van der Waals surface area contributed by atoms with Gasteiger partial charge in [0, 0.05) is 0 Å². The van der Waals surface area contributed by atoms with Crippen LogP contribution in [0.3, 0.4) is 0 Å². The van der Waals surface area contributed by atoms with Crippen molar-refractivity contribution in [3.8, 4) is 0 Å². The number of nitrogens with one attached hydrogen (secondary N) is 2. The number of aromatic amines is 1. The first-order chi connectivity index (χ1) is 8.88. The normalized spacial score (nSPS) is 19.1. The van der Waals surface area contributed by atoms with Gasteiger partial charge in [0.05, 0.1) is 6.04 Å². The third-order valence-corrected chi connectivity index (χ3v) is 3.70. The highest BCUT2D eigenvalue weighted by Crippen LogP contribution is 2.40. The molecule has 1 aliphatic carbocycles. The molecule has 0 spiro atoms. The van der Waals surface area contributed by atoms with E-state index in [4.69, 9.17) is 0 Å². The molecule has 18 heavy (non-hydrogen) atoms. The van der Waals surface area contributed by atoms with Crippen LogP contribution in [0.5, 0.6) is 0 Å². The van der Waals surface area contributed by atoms with Crippen LogP contribution >= 0.6 is 0 Å². The largest absolute Gasteiger partial charge is 0.308 e. The molecule has 0 aliphatic heterocycles. The first-order valence-electron chi connectivity index (χ1n) is 6.55. The van der Waals surface area contributed by atoms with Crippen molar-refractivity contribution < 1.29 is 0 Å². The molecule has 2 N–H and O–H groups in total. The maximum Gasteiger partial charge on any atom is 0.141 e. The molecule has 2 unspecified atom stereocenters. The van der Waals surface area contributed by atoms with Crippen LogP contribution in [0.2, 0.25) is 0 Å². The number of benzene rings is 1. The molecule has 0 saturated carbocycles. The van der Waals surface area contributed by atoms with Gasteiger partial charge in [0.15, 0.2) is 0 Å². The van der Waals surface area contributed by atoms with Gasteiger partial charge < -0.3 is 5.32 Å². The standard InChI is InChI=1S/C14H18N4/c1-2-15-13(14-16-9-17-18-14)8-11-7-10-5-3-4-6-12(10)11/h3-6,9,11,13,15H,2,7-8H2,1H3,(H,16,17,18). The van der Waals surface area contributed by atoms with Gasteiger partial charge in [0.2, 0.25) is 0 Å². The summed E-state index contributed by atoms with van der Waals surface area (Å²) < 4.78 is 0. The summed E-state index contributed by atoms with van der Waals surface area (Å²) in [5.74, 6) is 1.59. The van der Waals surface area contributed by atoms with Crippen LogP contribution in [0, 0.1) is 0 Å². The number of H-pyrrole nitrogens is 1. The number of fused-ring (bicyclic) bond motifs is 1. The average molecular weight is 242 g/mol. The van der Waals surface area contributed by atoms with Crippen molar-refractivity contribution in [1.82, 2.24) is 20.5 Å². The highest BCUT2D eigenvalue weighted by molar-refractivity contribution is 5.40. The lowest BCUT2D eigenvalue weighted by atomic mass is 9.74. The zero-order valence-corrected chi connectivity index (χ0v) is 10.6. The summed E-state index contributed by atoms with van der Waals surface area (Å²) in [5, 5.41) is 10.4. The molecule has 0 radical (unpaired) electrons. The van der Waals surface area contributed by atoms with E-state index in [1.165, 1.54) is 17.5 Å². The Hall–Kier alpha value is -1.68. The molecule has 2 atom stereocenters. The molecule has 94 valence electrons. The van der Waals surface area contributed by atoms with Gasteiger partial charge in [-0.2, -0.15) is 5.10 Å². The molecule has 4 nitrogen and oxygen atoms in total. The van der Waals surface area contributed by atoms with Gasteiger partial charge in [-0.25, -0.2) is 4.98 Å². The fraction of sp³-hybridized carbons (Fsp3) is 0.429. The SMILES string of the molecule is CCNC(CC1Cc2ccccc21)c1ncn[nH]1. The summed E-state index contributed by atoms with van der Waals surface area (Å²) in [6.45, 7) is 3.07. The van der Waals surface area contributed by atoms with Crippen LogP contribution in [0.15, 0.2) is 30.6 Å². The molecular weight excluding hydrogens is 224 g/mol. The van der Waals surface area contributed by atoms with Gasteiger partial charge in [0.25, 0.3) is 0 Å². The average Bonchev–Trinajstić information content (AvgIpc) is 2.88. The second-order valence-electron chi connectivity index (χ2n) is 4.82. The summed E-state index contributed by atoms with van der Waals surface area (Å²) >= 11 is 0. The van der Waals surface area contributed by atoms with Crippen molar-refractivity contribution in [2.75, 3.05) is 6.54 Å². The number of nitrogens with zero attached hydrogens (tertiary/aromatic N) is 2. The van der Waals surface area contributed by atoms with Crippen LogP contribution in [0.1, 0.15) is 42.3 Å². The van der Waals surface area contributed by atoms with Gasteiger partial charge in [0.1, 0.15) is 12.2 Å². The minimum absolute atomic E-state index is 0.274. The van der Waals surface area contributed by atoms with Crippen LogP contribution in [-0.4, -0.2) is 21.7 Å². The Kier molecular flexibility index (Phi) is 3.11. The van der Waals surface area contributed by atoms with E-state index in [2.05, 4.69) is 51.7 Å². The second-order valence-corrected chi connectivity index (χ2v) is 4.82. The fourth-order valence-corrected chi connectivity index (χ4v) is 2.78. The smallest absolute Gasteiger partial charge is 0.141 e. The molecule has 2 aromatic rings.